The van der Waals surface area contributed by atoms with Crippen molar-refractivity contribution in [1.82, 2.24) is 10.6 Å². The fourth-order valence-corrected chi connectivity index (χ4v) is 3.78. The van der Waals surface area contributed by atoms with Gasteiger partial charge in [-0.2, -0.15) is 0 Å². The second-order valence-corrected chi connectivity index (χ2v) is 7.49. The first-order chi connectivity index (χ1) is 11.5. The molecule has 0 fully saturated rings. The van der Waals surface area contributed by atoms with Gasteiger partial charge in [0.2, 0.25) is 0 Å². The minimum atomic E-state index is -3.33. The summed E-state index contributed by atoms with van der Waals surface area (Å²) in [5.41, 5.74) is 0. The lowest BCUT2D eigenvalue weighted by atomic mass is 10.3. The van der Waals surface area contributed by atoms with Gasteiger partial charge in [-0.15, -0.1) is 24.0 Å². The molecule has 0 radical (unpaired) electrons. The molecule has 0 heterocycles. The molecule has 144 valence electrons. The molecule has 1 atom stereocenters. The third kappa shape index (κ3) is 9.41. The summed E-state index contributed by atoms with van der Waals surface area (Å²) < 4.78 is 30.1. The van der Waals surface area contributed by atoms with Gasteiger partial charge in [-0.1, -0.05) is 25.1 Å². The van der Waals surface area contributed by atoms with Gasteiger partial charge in [0.15, 0.2) is 15.8 Å². The summed E-state index contributed by atoms with van der Waals surface area (Å²) >= 11 is 0. The summed E-state index contributed by atoms with van der Waals surface area (Å²) in [4.78, 5) is 4.82. The Labute approximate surface area is 168 Å². The summed E-state index contributed by atoms with van der Waals surface area (Å²) in [5.74, 6) is 0.680. The first kappa shape index (κ1) is 24.1. The summed E-state index contributed by atoms with van der Waals surface area (Å²) in [7, 11) is -1.67. The monoisotopic (exact) mass is 483 g/mol. The Hall–Kier alpha value is -0.870. The topological polar surface area (TPSA) is 79.8 Å². The minimum Gasteiger partial charge on any atom is -0.385 e. The summed E-state index contributed by atoms with van der Waals surface area (Å²) in [6, 6.07) is 8.35. The van der Waals surface area contributed by atoms with E-state index >= 15 is 0 Å². The van der Waals surface area contributed by atoms with Crippen LogP contribution in [0.5, 0.6) is 0 Å². The van der Waals surface area contributed by atoms with E-state index in [1.54, 1.807) is 31.4 Å². The van der Waals surface area contributed by atoms with Gasteiger partial charge in [0, 0.05) is 32.8 Å². The van der Waals surface area contributed by atoms with Crippen LogP contribution in [0, 0.1) is 0 Å². The van der Waals surface area contributed by atoms with E-state index in [9.17, 15) is 8.42 Å². The average Bonchev–Trinajstić information content (AvgIpc) is 2.58. The smallest absolute Gasteiger partial charge is 0.191 e. The van der Waals surface area contributed by atoms with Crippen molar-refractivity contribution in [3.05, 3.63) is 30.3 Å². The van der Waals surface area contributed by atoms with Crippen molar-refractivity contribution in [3.8, 4) is 0 Å². The number of rotatable bonds is 10. The molecule has 0 aromatic heterocycles. The van der Waals surface area contributed by atoms with E-state index in [2.05, 4.69) is 15.6 Å². The van der Waals surface area contributed by atoms with Crippen LogP contribution < -0.4 is 10.6 Å². The fraction of sp³-hybridized carbons (Fsp3) is 0.588. The summed E-state index contributed by atoms with van der Waals surface area (Å²) in [6.45, 7) is 5.95. The van der Waals surface area contributed by atoms with Gasteiger partial charge in [0.1, 0.15) is 0 Å². The second-order valence-electron chi connectivity index (χ2n) is 5.45. The van der Waals surface area contributed by atoms with Crippen molar-refractivity contribution in [2.75, 3.05) is 32.6 Å². The molecular weight excluding hydrogens is 453 g/mol. The second kappa shape index (κ2) is 13.3. The van der Waals surface area contributed by atoms with Crippen LogP contribution >= 0.6 is 24.0 Å². The molecule has 0 aliphatic rings. The van der Waals surface area contributed by atoms with Crippen LogP contribution in [0.3, 0.4) is 0 Å². The molecule has 1 unspecified atom stereocenters. The van der Waals surface area contributed by atoms with E-state index in [1.165, 1.54) is 0 Å². The largest absolute Gasteiger partial charge is 0.385 e. The molecule has 25 heavy (non-hydrogen) atoms. The van der Waals surface area contributed by atoms with Gasteiger partial charge in [0.25, 0.3) is 0 Å². The highest BCUT2D eigenvalue weighted by Crippen LogP contribution is 2.12. The molecule has 6 nitrogen and oxygen atoms in total. The van der Waals surface area contributed by atoms with E-state index in [0.29, 0.717) is 30.4 Å². The van der Waals surface area contributed by atoms with Gasteiger partial charge < -0.3 is 15.4 Å². The number of nitrogens with one attached hydrogen (secondary N) is 2. The molecule has 0 spiro atoms. The lowest BCUT2D eigenvalue weighted by Gasteiger charge is -2.20. The molecule has 0 aliphatic heterocycles. The molecule has 0 bridgehead atoms. The maximum Gasteiger partial charge on any atom is 0.191 e. The van der Waals surface area contributed by atoms with Gasteiger partial charge in [-0.3, -0.25) is 4.99 Å². The van der Waals surface area contributed by atoms with E-state index < -0.39 is 9.84 Å². The van der Waals surface area contributed by atoms with Gasteiger partial charge in [-0.05, 0) is 31.9 Å². The van der Waals surface area contributed by atoms with E-state index in [-0.39, 0.29) is 35.8 Å². The quantitative estimate of drug-likeness (QED) is 0.231. The third-order valence-electron chi connectivity index (χ3n) is 3.48. The molecule has 0 saturated heterocycles. The van der Waals surface area contributed by atoms with Crippen LogP contribution in [0.25, 0.3) is 0 Å². The number of hydrogen-bond acceptors (Lipinski definition) is 4. The van der Waals surface area contributed by atoms with Crippen LogP contribution in [0.1, 0.15) is 26.7 Å². The number of sulfone groups is 1. The van der Waals surface area contributed by atoms with Crippen molar-refractivity contribution in [2.45, 2.75) is 37.6 Å². The van der Waals surface area contributed by atoms with Crippen molar-refractivity contribution >= 4 is 39.8 Å². The van der Waals surface area contributed by atoms with Crippen molar-refractivity contribution in [1.29, 1.82) is 0 Å². The zero-order valence-electron chi connectivity index (χ0n) is 15.2. The summed E-state index contributed by atoms with van der Waals surface area (Å²) in [6.07, 6.45) is 1.51. The Kier molecular flexibility index (Phi) is 12.9. The van der Waals surface area contributed by atoms with Crippen LogP contribution in [0.15, 0.2) is 40.2 Å². The number of halogens is 1. The van der Waals surface area contributed by atoms with Crippen LogP contribution in [0.4, 0.5) is 0 Å². The summed E-state index contributed by atoms with van der Waals surface area (Å²) in [5, 5.41) is 6.38. The zero-order valence-corrected chi connectivity index (χ0v) is 18.3. The Morgan fingerprint density at radius 2 is 1.92 bits per heavy atom. The van der Waals surface area contributed by atoms with Crippen molar-refractivity contribution < 1.29 is 13.2 Å². The minimum absolute atomic E-state index is 0. The molecule has 0 saturated carbocycles. The Bertz CT molecular complexity index is 594. The number of ether oxygens (including phenoxy) is 1. The number of benzene rings is 1. The van der Waals surface area contributed by atoms with Crippen LogP contribution in [-0.2, 0) is 14.6 Å². The normalized spacial score (nSPS) is 13.0. The number of methoxy groups -OCH3 is 1. The molecule has 2 N–H and O–H groups in total. The Balaban J connectivity index is 0.00000576. The van der Waals surface area contributed by atoms with Crippen LogP contribution in [0.2, 0.25) is 0 Å². The molecule has 8 heteroatoms. The van der Waals surface area contributed by atoms with E-state index in [0.717, 1.165) is 13.0 Å². The lowest BCUT2D eigenvalue weighted by Crippen LogP contribution is -2.46. The third-order valence-corrected chi connectivity index (χ3v) is 5.31. The molecule has 1 aromatic rings. The molecule has 0 aliphatic carbocycles. The van der Waals surface area contributed by atoms with Crippen LogP contribution in [-0.4, -0.2) is 53.0 Å². The highest BCUT2D eigenvalue weighted by Gasteiger charge is 2.20. The molecule has 1 aromatic carbocycles. The highest BCUT2D eigenvalue weighted by atomic mass is 127. The predicted octanol–water partition coefficient (Wildman–Crippen LogP) is 2.45. The van der Waals surface area contributed by atoms with E-state index in [1.807, 2.05) is 19.9 Å². The number of nitrogens with zero attached hydrogens (tertiary/aromatic N) is 1. The number of guanidine groups is 1. The highest BCUT2D eigenvalue weighted by molar-refractivity contribution is 14.0. The SMILES string of the molecule is CCNC(=NCCCOC)NC(CC)CS(=O)(=O)c1ccccc1.I. The zero-order chi connectivity index (χ0) is 17.8. The first-order valence-electron chi connectivity index (χ1n) is 8.35. The van der Waals surface area contributed by atoms with Gasteiger partial charge >= 0.3 is 0 Å². The maximum atomic E-state index is 12.5. The first-order valence-corrected chi connectivity index (χ1v) is 10.00. The fourth-order valence-electron chi connectivity index (χ4n) is 2.16. The van der Waals surface area contributed by atoms with E-state index in [4.69, 9.17) is 4.74 Å². The predicted molar refractivity (Wildman–Crippen MR) is 114 cm³/mol. The standard InChI is InChI=1S/C17H29N3O3S.HI/c1-4-15(14-24(21,22)16-10-7-6-8-11-16)20-17(18-5-2)19-12-9-13-23-3;/h6-8,10-11,15H,4-5,9,12-14H2,1-3H3,(H2,18,19,20);1H. The number of hydrogen-bond donors (Lipinski definition) is 2. The Morgan fingerprint density at radius 3 is 2.48 bits per heavy atom. The number of aliphatic imine (C=N–C) groups is 1. The van der Waals surface area contributed by atoms with Gasteiger partial charge in [0.05, 0.1) is 10.6 Å². The average molecular weight is 483 g/mol. The van der Waals surface area contributed by atoms with Gasteiger partial charge in [-0.25, -0.2) is 8.42 Å². The lowest BCUT2D eigenvalue weighted by molar-refractivity contribution is 0.197. The van der Waals surface area contributed by atoms with Crippen molar-refractivity contribution in [2.24, 2.45) is 4.99 Å². The Morgan fingerprint density at radius 1 is 1.24 bits per heavy atom. The van der Waals surface area contributed by atoms with Crippen molar-refractivity contribution in [3.63, 3.8) is 0 Å². The molecule has 0 amide bonds. The molecule has 1 rings (SSSR count). The maximum absolute atomic E-state index is 12.5. The molecular formula is C17H30IN3O3S.